The first-order chi connectivity index (χ1) is 10.6. The Hall–Kier alpha value is -2.05. The van der Waals surface area contributed by atoms with Crippen LogP contribution in [0.1, 0.15) is 18.4 Å². The van der Waals surface area contributed by atoms with E-state index in [0.717, 1.165) is 16.6 Å². The Balaban J connectivity index is 0.00000192. The quantitative estimate of drug-likeness (QED) is 0.792. The topological polar surface area (TPSA) is 63.8 Å². The number of pyridine rings is 1. The lowest BCUT2D eigenvalue weighted by atomic mass is 10.1. The Labute approximate surface area is 139 Å². The Morgan fingerprint density at radius 3 is 2.78 bits per heavy atom. The Morgan fingerprint density at radius 2 is 2.04 bits per heavy atom. The number of hydrogen-bond acceptors (Lipinski definition) is 5. The van der Waals surface area contributed by atoms with Gasteiger partial charge in [0.05, 0.1) is 16.8 Å². The maximum Gasteiger partial charge on any atom is 0.259 e. The van der Waals surface area contributed by atoms with E-state index in [1.807, 2.05) is 27.0 Å². The van der Waals surface area contributed by atoms with E-state index in [-0.39, 0.29) is 24.3 Å². The number of hydrogen-bond donors (Lipinski definition) is 1. The third-order valence-electron chi connectivity index (χ3n) is 3.65. The van der Waals surface area contributed by atoms with Crippen molar-refractivity contribution >= 4 is 23.3 Å². The van der Waals surface area contributed by atoms with Gasteiger partial charge in [0.1, 0.15) is 5.82 Å². The maximum absolute atomic E-state index is 13.3. The number of nitrogens with zero attached hydrogens (tertiary/aromatic N) is 3. The summed E-state index contributed by atoms with van der Waals surface area (Å²) in [5.41, 5.74) is 2.12. The van der Waals surface area contributed by atoms with Crippen molar-refractivity contribution in [2.75, 3.05) is 7.05 Å². The normalized spacial score (nSPS) is 12.2. The highest BCUT2D eigenvalue weighted by Crippen LogP contribution is 2.25. The van der Waals surface area contributed by atoms with Gasteiger partial charge in [0.25, 0.3) is 5.89 Å². The number of fused-ring (bicyclic) bond motifs is 1. The van der Waals surface area contributed by atoms with Crippen molar-refractivity contribution in [3.8, 4) is 11.5 Å². The monoisotopic (exact) mass is 336 g/mol. The first-order valence-electron chi connectivity index (χ1n) is 7.14. The van der Waals surface area contributed by atoms with Crippen molar-refractivity contribution < 1.29 is 8.91 Å². The van der Waals surface area contributed by atoms with Crippen LogP contribution < -0.4 is 5.32 Å². The minimum Gasteiger partial charge on any atom is -0.334 e. The summed E-state index contributed by atoms with van der Waals surface area (Å²) in [4.78, 5) is 8.84. The van der Waals surface area contributed by atoms with Gasteiger partial charge in [-0.05, 0) is 39.1 Å². The average Bonchev–Trinajstić information content (AvgIpc) is 2.94. The van der Waals surface area contributed by atoms with Gasteiger partial charge in [-0.1, -0.05) is 5.16 Å². The van der Waals surface area contributed by atoms with Crippen LogP contribution in [-0.2, 0) is 6.42 Å². The summed E-state index contributed by atoms with van der Waals surface area (Å²) in [6.07, 6.45) is 0.686. The Kier molecular flexibility index (Phi) is 5.28. The molecule has 0 aliphatic rings. The van der Waals surface area contributed by atoms with Crippen LogP contribution in [0.2, 0.25) is 0 Å². The van der Waals surface area contributed by atoms with Gasteiger partial charge in [0, 0.05) is 23.9 Å². The molecule has 3 aromatic rings. The van der Waals surface area contributed by atoms with Crippen LogP contribution in [0, 0.1) is 12.7 Å². The summed E-state index contributed by atoms with van der Waals surface area (Å²) in [6, 6.07) is 6.69. The number of benzene rings is 1. The predicted molar refractivity (Wildman–Crippen MR) is 89.2 cm³/mol. The summed E-state index contributed by atoms with van der Waals surface area (Å²) >= 11 is 0. The predicted octanol–water partition coefficient (Wildman–Crippen LogP) is 3.30. The fourth-order valence-corrected chi connectivity index (χ4v) is 2.28. The zero-order valence-electron chi connectivity index (χ0n) is 13.1. The van der Waals surface area contributed by atoms with E-state index in [9.17, 15) is 4.39 Å². The molecule has 0 fully saturated rings. The van der Waals surface area contributed by atoms with Crippen LogP contribution in [0.15, 0.2) is 28.8 Å². The summed E-state index contributed by atoms with van der Waals surface area (Å²) in [7, 11) is 1.89. The fourth-order valence-electron chi connectivity index (χ4n) is 2.28. The highest BCUT2D eigenvalue weighted by atomic mass is 35.5. The zero-order valence-corrected chi connectivity index (χ0v) is 13.9. The average molecular weight is 337 g/mol. The van der Waals surface area contributed by atoms with Crippen molar-refractivity contribution in [3.63, 3.8) is 0 Å². The second-order valence-corrected chi connectivity index (χ2v) is 5.37. The van der Waals surface area contributed by atoms with Gasteiger partial charge in [-0.3, -0.25) is 4.98 Å². The molecular formula is C16H18ClFN4O. The van der Waals surface area contributed by atoms with E-state index in [2.05, 4.69) is 20.4 Å². The van der Waals surface area contributed by atoms with Gasteiger partial charge >= 0.3 is 0 Å². The molecule has 23 heavy (non-hydrogen) atoms. The highest BCUT2D eigenvalue weighted by Gasteiger charge is 2.14. The molecule has 0 radical (unpaired) electrons. The molecule has 1 aromatic carbocycles. The number of nitrogens with one attached hydrogen (secondary N) is 1. The SMILES string of the molecule is CNC(C)Cc1noc(-c2cc3ccc(F)cc3nc2C)n1.Cl. The molecule has 122 valence electrons. The van der Waals surface area contributed by atoms with Crippen molar-refractivity contribution in [2.45, 2.75) is 26.3 Å². The molecule has 2 aromatic heterocycles. The van der Waals surface area contributed by atoms with Crippen molar-refractivity contribution in [2.24, 2.45) is 0 Å². The molecular weight excluding hydrogens is 319 g/mol. The fraction of sp³-hybridized carbons (Fsp3) is 0.312. The lowest BCUT2D eigenvalue weighted by molar-refractivity contribution is 0.418. The van der Waals surface area contributed by atoms with Crippen LogP contribution in [-0.4, -0.2) is 28.2 Å². The number of rotatable bonds is 4. The number of aromatic nitrogens is 3. The van der Waals surface area contributed by atoms with Crippen LogP contribution in [0.3, 0.4) is 0 Å². The first-order valence-corrected chi connectivity index (χ1v) is 7.14. The van der Waals surface area contributed by atoms with Crippen molar-refractivity contribution in [1.29, 1.82) is 0 Å². The van der Waals surface area contributed by atoms with Crippen LogP contribution in [0.25, 0.3) is 22.4 Å². The van der Waals surface area contributed by atoms with Crippen LogP contribution in [0.5, 0.6) is 0 Å². The largest absolute Gasteiger partial charge is 0.334 e. The second-order valence-electron chi connectivity index (χ2n) is 5.37. The number of likely N-dealkylation sites (N-methyl/N-ethyl adjacent to an activating group) is 1. The molecule has 0 aliphatic heterocycles. The zero-order chi connectivity index (χ0) is 15.7. The second kappa shape index (κ2) is 7.02. The van der Waals surface area contributed by atoms with Crippen LogP contribution >= 0.6 is 12.4 Å². The summed E-state index contributed by atoms with van der Waals surface area (Å²) < 4.78 is 18.6. The van der Waals surface area contributed by atoms with E-state index in [0.29, 0.717) is 23.7 Å². The molecule has 0 saturated heterocycles. The van der Waals surface area contributed by atoms with Crippen molar-refractivity contribution in [1.82, 2.24) is 20.4 Å². The van der Waals surface area contributed by atoms with Gasteiger partial charge in [-0.15, -0.1) is 12.4 Å². The van der Waals surface area contributed by atoms with Gasteiger partial charge in [0.2, 0.25) is 0 Å². The lowest BCUT2D eigenvalue weighted by Crippen LogP contribution is -2.24. The third-order valence-corrected chi connectivity index (χ3v) is 3.65. The first kappa shape index (κ1) is 17.3. The molecule has 1 atom stereocenters. The van der Waals surface area contributed by atoms with Gasteiger partial charge in [0.15, 0.2) is 5.82 Å². The molecule has 0 amide bonds. The summed E-state index contributed by atoms with van der Waals surface area (Å²) in [6.45, 7) is 3.90. The minimum atomic E-state index is -0.298. The number of aryl methyl sites for hydroxylation is 1. The van der Waals surface area contributed by atoms with E-state index in [1.165, 1.54) is 12.1 Å². The summed E-state index contributed by atoms with van der Waals surface area (Å²) in [5.74, 6) is 0.790. The Bertz CT molecular complexity index is 821. The number of halogens is 2. The minimum absolute atomic E-state index is 0. The maximum atomic E-state index is 13.3. The van der Waals surface area contributed by atoms with Crippen LogP contribution in [0.4, 0.5) is 4.39 Å². The molecule has 0 spiro atoms. The smallest absolute Gasteiger partial charge is 0.259 e. The van der Waals surface area contributed by atoms with E-state index in [1.54, 1.807) is 6.07 Å². The Morgan fingerprint density at radius 1 is 1.26 bits per heavy atom. The van der Waals surface area contributed by atoms with Crippen molar-refractivity contribution in [3.05, 3.63) is 41.6 Å². The molecule has 0 saturated carbocycles. The summed E-state index contributed by atoms with van der Waals surface area (Å²) in [5, 5.41) is 7.97. The molecule has 1 N–H and O–H groups in total. The van der Waals surface area contributed by atoms with Gasteiger partial charge < -0.3 is 9.84 Å². The molecule has 2 heterocycles. The molecule has 1 unspecified atom stereocenters. The van der Waals surface area contributed by atoms with E-state index in [4.69, 9.17) is 4.52 Å². The standard InChI is InChI=1S/C16H17FN4O.ClH/c1-9(18-3)6-15-20-16(22-21-15)13-7-11-4-5-12(17)8-14(11)19-10(13)2;/h4-5,7-9,18H,6H2,1-3H3;1H. The molecule has 0 aliphatic carbocycles. The third kappa shape index (κ3) is 3.65. The lowest BCUT2D eigenvalue weighted by Gasteiger charge is -2.05. The molecule has 5 nitrogen and oxygen atoms in total. The van der Waals surface area contributed by atoms with Gasteiger partial charge in [-0.2, -0.15) is 4.98 Å². The molecule has 0 bridgehead atoms. The molecule has 7 heteroatoms. The molecule has 3 rings (SSSR count). The van der Waals surface area contributed by atoms with Gasteiger partial charge in [-0.25, -0.2) is 4.39 Å². The highest BCUT2D eigenvalue weighted by molar-refractivity contribution is 5.85. The van der Waals surface area contributed by atoms with E-state index < -0.39 is 0 Å². The van der Waals surface area contributed by atoms with E-state index >= 15 is 0 Å².